The molecule has 2 aliphatic rings. The summed E-state index contributed by atoms with van der Waals surface area (Å²) in [6.45, 7) is 9.26. The molecule has 1 spiro atoms. The van der Waals surface area contributed by atoms with Crippen LogP contribution in [0.25, 0.3) is 0 Å². The van der Waals surface area contributed by atoms with E-state index in [2.05, 4.69) is 4.90 Å². The molecule has 0 N–H and O–H groups in total. The Morgan fingerprint density at radius 1 is 1.04 bits per heavy atom. The molecule has 26 heavy (non-hydrogen) atoms. The molecule has 0 aromatic heterocycles. The van der Waals surface area contributed by atoms with Crippen molar-refractivity contribution < 1.29 is 9.53 Å². The summed E-state index contributed by atoms with van der Waals surface area (Å²) in [6, 6.07) is 5.82. The molecule has 2 saturated heterocycles. The van der Waals surface area contributed by atoms with Crippen LogP contribution in [0.2, 0.25) is 10.0 Å². The van der Waals surface area contributed by atoms with Gasteiger partial charge in [0.25, 0.3) is 0 Å². The second-order valence-electron chi connectivity index (χ2n) is 8.53. The van der Waals surface area contributed by atoms with Crippen LogP contribution in [0, 0.1) is 5.41 Å². The second kappa shape index (κ2) is 7.47. The summed E-state index contributed by atoms with van der Waals surface area (Å²) in [5, 5.41) is 1.25. The summed E-state index contributed by atoms with van der Waals surface area (Å²) in [6.07, 6.45) is 4.15. The maximum absolute atomic E-state index is 12.3. The standard InChI is InChI=1S/C20H28Cl2N2O2/c1-19(2,3)26-18(25)24-13-9-20(10-14-24)7-11-23(12-8-20)16-6-4-5-15(21)17(16)22/h4-6H,7-14H2,1-3H3. The fraction of sp³-hybridized carbons (Fsp3) is 0.650. The van der Waals surface area contributed by atoms with Gasteiger partial charge in [0, 0.05) is 26.2 Å². The van der Waals surface area contributed by atoms with Crippen LogP contribution in [-0.4, -0.2) is 42.8 Å². The molecule has 0 bridgehead atoms. The van der Waals surface area contributed by atoms with E-state index in [1.807, 2.05) is 43.9 Å². The molecule has 2 heterocycles. The number of benzene rings is 1. The normalized spacial score (nSPS) is 20.3. The van der Waals surface area contributed by atoms with Crippen molar-refractivity contribution >= 4 is 35.0 Å². The maximum atomic E-state index is 12.3. The number of carbonyl (C=O) groups is 1. The van der Waals surface area contributed by atoms with Crippen molar-refractivity contribution in [1.82, 2.24) is 4.90 Å². The van der Waals surface area contributed by atoms with Crippen molar-refractivity contribution in [2.24, 2.45) is 5.41 Å². The Hall–Kier alpha value is -1.13. The van der Waals surface area contributed by atoms with E-state index >= 15 is 0 Å². The lowest BCUT2D eigenvalue weighted by Gasteiger charge is -2.47. The summed E-state index contributed by atoms with van der Waals surface area (Å²) in [7, 11) is 0. The molecule has 6 heteroatoms. The monoisotopic (exact) mass is 398 g/mol. The molecule has 144 valence electrons. The fourth-order valence-corrected chi connectivity index (χ4v) is 4.36. The van der Waals surface area contributed by atoms with Gasteiger partial charge < -0.3 is 14.5 Å². The van der Waals surface area contributed by atoms with E-state index in [0.29, 0.717) is 15.5 Å². The highest BCUT2D eigenvalue weighted by molar-refractivity contribution is 6.43. The zero-order chi connectivity index (χ0) is 18.9. The number of amides is 1. The van der Waals surface area contributed by atoms with Crippen molar-refractivity contribution in [2.75, 3.05) is 31.1 Å². The quantitative estimate of drug-likeness (QED) is 0.615. The van der Waals surface area contributed by atoms with Crippen molar-refractivity contribution in [3.05, 3.63) is 28.2 Å². The zero-order valence-corrected chi connectivity index (χ0v) is 17.4. The first-order valence-corrected chi connectivity index (χ1v) is 10.1. The predicted octanol–water partition coefficient (Wildman–Crippen LogP) is 5.61. The van der Waals surface area contributed by atoms with Gasteiger partial charge in [-0.25, -0.2) is 4.79 Å². The van der Waals surface area contributed by atoms with Crippen LogP contribution in [0.4, 0.5) is 10.5 Å². The first-order chi connectivity index (χ1) is 12.2. The molecular weight excluding hydrogens is 371 g/mol. The molecule has 4 nitrogen and oxygen atoms in total. The fourth-order valence-electron chi connectivity index (χ4n) is 3.95. The first-order valence-electron chi connectivity index (χ1n) is 9.36. The van der Waals surface area contributed by atoms with Gasteiger partial charge in [-0.1, -0.05) is 29.3 Å². The molecule has 0 unspecified atom stereocenters. The summed E-state index contributed by atoms with van der Waals surface area (Å²) in [4.78, 5) is 16.5. The van der Waals surface area contributed by atoms with Crippen LogP contribution in [-0.2, 0) is 4.74 Å². The van der Waals surface area contributed by atoms with Crippen LogP contribution in [0.1, 0.15) is 46.5 Å². The van der Waals surface area contributed by atoms with Crippen molar-refractivity contribution in [3.8, 4) is 0 Å². The average Bonchev–Trinajstić information content (AvgIpc) is 2.57. The molecular formula is C20H28Cl2N2O2. The number of ether oxygens (including phenoxy) is 1. The number of nitrogens with zero attached hydrogens (tertiary/aromatic N) is 2. The van der Waals surface area contributed by atoms with Gasteiger partial charge in [0.15, 0.2) is 0 Å². The number of likely N-dealkylation sites (tertiary alicyclic amines) is 1. The Balaban J connectivity index is 1.56. The molecule has 3 rings (SSSR count). The van der Waals surface area contributed by atoms with E-state index in [4.69, 9.17) is 27.9 Å². The predicted molar refractivity (Wildman–Crippen MR) is 107 cm³/mol. The van der Waals surface area contributed by atoms with Gasteiger partial charge in [0.05, 0.1) is 15.7 Å². The Morgan fingerprint density at radius 2 is 1.62 bits per heavy atom. The molecule has 1 amide bonds. The first kappa shape index (κ1) is 19.6. The number of piperidine rings is 2. The number of hydrogen-bond acceptors (Lipinski definition) is 3. The van der Waals surface area contributed by atoms with Crippen LogP contribution < -0.4 is 4.90 Å². The van der Waals surface area contributed by atoms with Crippen LogP contribution >= 0.6 is 23.2 Å². The molecule has 0 radical (unpaired) electrons. The summed E-state index contributed by atoms with van der Waals surface area (Å²) in [5.74, 6) is 0. The maximum Gasteiger partial charge on any atom is 0.410 e. The van der Waals surface area contributed by atoms with Gasteiger partial charge in [-0.3, -0.25) is 0 Å². The number of anilines is 1. The van der Waals surface area contributed by atoms with E-state index in [0.717, 1.165) is 57.5 Å². The van der Waals surface area contributed by atoms with Crippen LogP contribution in [0.5, 0.6) is 0 Å². The van der Waals surface area contributed by atoms with Crippen molar-refractivity contribution in [1.29, 1.82) is 0 Å². The highest BCUT2D eigenvalue weighted by Crippen LogP contribution is 2.43. The minimum atomic E-state index is -0.437. The van der Waals surface area contributed by atoms with Gasteiger partial charge in [-0.15, -0.1) is 0 Å². The largest absolute Gasteiger partial charge is 0.444 e. The van der Waals surface area contributed by atoms with E-state index in [-0.39, 0.29) is 6.09 Å². The number of halogens is 2. The topological polar surface area (TPSA) is 32.8 Å². The average molecular weight is 399 g/mol. The number of rotatable bonds is 1. The molecule has 0 aliphatic carbocycles. The third-order valence-corrected chi connectivity index (χ3v) is 6.38. The number of carbonyl (C=O) groups excluding carboxylic acids is 1. The third kappa shape index (κ3) is 4.40. The summed E-state index contributed by atoms with van der Waals surface area (Å²) < 4.78 is 5.50. The lowest BCUT2D eigenvalue weighted by Crippen LogP contribution is -2.49. The van der Waals surface area contributed by atoms with E-state index < -0.39 is 5.60 Å². The van der Waals surface area contributed by atoms with Gasteiger partial charge in [-0.05, 0) is 64.0 Å². The highest BCUT2D eigenvalue weighted by Gasteiger charge is 2.39. The minimum Gasteiger partial charge on any atom is -0.444 e. The Bertz CT molecular complexity index is 654. The molecule has 2 fully saturated rings. The van der Waals surface area contributed by atoms with E-state index in [9.17, 15) is 4.79 Å². The molecule has 2 aliphatic heterocycles. The Labute approximate surface area is 166 Å². The van der Waals surface area contributed by atoms with Crippen molar-refractivity contribution in [3.63, 3.8) is 0 Å². The van der Waals surface area contributed by atoms with Crippen LogP contribution in [0.3, 0.4) is 0 Å². The SMILES string of the molecule is CC(C)(C)OC(=O)N1CCC2(CC1)CCN(c1cccc(Cl)c1Cl)CC2. The zero-order valence-electron chi connectivity index (χ0n) is 15.9. The van der Waals surface area contributed by atoms with Gasteiger partial charge in [0.1, 0.15) is 5.60 Å². The lowest BCUT2D eigenvalue weighted by atomic mass is 9.71. The summed E-state index contributed by atoms with van der Waals surface area (Å²) in [5.41, 5.74) is 0.925. The summed E-state index contributed by atoms with van der Waals surface area (Å²) >= 11 is 12.5. The van der Waals surface area contributed by atoms with Crippen LogP contribution in [0.15, 0.2) is 18.2 Å². The van der Waals surface area contributed by atoms with Gasteiger partial charge in [0.2, 0.25) is 0 Å². The van der Waals surface area contributed by atoms with E-state index in [1.54, 1.807) is 0 Å². The van der Waals surface area contributed by atoms with E-state index in [1.165, 1.54) is 0 Å². The Morgan fingerprint density at radius 3 is 2.19 bits per heavy atom. The van der Waals surface area contributed by atoms with Gasteiger partial charge >= 0.3 is 6.09 Å². The minimum absolute atomic E-state index is 0.185. The smallest absolute Gasteiger partial charge is 0.410 e. The Kier molecular flexibility index (Phi) is 5.64. The third-order valence-electron chi connectivity index (χ3n) is 5.57. The highest BCUT2D eigenvalue weighted by atomic mass is 35.5. The molecule has 0 atom stereocenters. The number of hydrogen-bond donors (Lipinski definition) is 0. The second-order valence-corrected chi connectivity index (χ2v) is 9.31. The van der Waals surface area contributed by atoms with Crippen molar-refractivity contribution in [2.45, 2.75) is 52.1 Å². The molecule has 1 aromatic carbocycles. The lowest BCUT2D eigenvalue weighted by molar-refractivity contribution is 0.00666. The molecule has 0 saturated carbocycles. The van der Waals surface area contributed by atoms with Gasteiger partial charge in [-0.2, -0.15) is 0 Å². The molecule has 1 aromatic rings.